The molecule has 19 heavy (non-hydrogen) atoms. The fourth-order valence-electron chi connectivity index (χ4n) is 2.61. The second-order valence-corrected chi connectivity index (χ2v) is 5.48. The Balaban J connectivity index is 2.11. The second-order valence-electron chi connectivity index (χ2n) is 5.48. The van der Waals surface area contributed by atoms with Crippen LogP contribution >= 0.6 is 0 Å². The van der Waals surface area contributed by atoms with Crippen LogP contribution in [0, 0.1) is 6.92 Å². The molecule has 0 bridgehead atoms. The number of rotatable bonds is 4. The molecule has 1 aliphatic heterocycles. The number of nitrogens with one attached hydrogen (secondary N) is 1. The van der Waals surface area contributed by atoms with Crippen molar-refractivity contribution in [2.75, 3.05) is 39.8 Å². The van der Waals surface area contributed by atoms with Crippen LogP contribution in [-0.4, -0.2) is 49.8 Å². The van der Waals surface area contributed by atoms with Crippen LogP contribution in [0.1, 0.15) is 18.1 Å². The summed E-state index contributed by atoms with van der Waals surface area (Å²) in [5.74, 6) is 0.863. The molecule has 1 atom stereocenters. The van der Waals surface area contributed by atoms with Gasteiger partial charge in [-0.2, -0.15) is 0 Å². The maximum atomic E-state index is 10.7. The normalized spacial score (nSPS) is 20.0. The van der Waals surface area contributed by atoms with Crippen LogP contribution in [0.5, 0.6) is 5.75 Å². The molecule has 0 aromatic heterocycles. The number of piperazine rings is 1. The number of hydrogen-bond acceptors (Lipinski definition) is 4. The molecule has 4 nitrogen and oxygen atoms in total. The minimum Gasteiger partial charge on any atom is -0.496 e. The highest BCUT2D eigenvalue weighted by molar-refractivity contribution is 5.38. The number of hydrogen-bond donors (Lipinski definition) is 2. The molecular formula is C15H24N2O2. The van der Waals surface area contributed by atoms with Crippen molar-refractivity contribution < 1.29 is 9.84 Å². The van der Waals surface area contributed by atoms with Gasteiger partial charge in [0.1, 0.15) is 5.75 Å². The third-order valence-electron chi connectivity index (χ3n) is 3.76. The average molecular weight is 264 g/mol. The molecule has 1 aromatic carbocycles. The average Bonchev–Trinajstić information content (AvgIpc) is 2.39. The van der Waals surface area contributed by atoms with E-state index in [0.29, 0.717) is 6.54 Å². The highest BCUT2D eigenvalue weighted by Crippen LogP contribution is 2.27. The minimum atomic E-state index is -0.825. The summed E-state index contributed by atoms with van der Waals surface area (Å²) >= 11 is 0. The van der Waals surface area contributed by atoms with Crippen molar-refractivity contribution in [2.45, 2.75) is 19.4 Å². The van der Waals surface area contributed by atoms with E-state index in [2.05, 4.69) is 10.2 Å². The number of ether oxygens (including phenoxy) is 1. The van der Waals surface area contributed by atoms with Gasteiger partial charge in [0.25, 0.3) is 0 Å². The number of aliphatic hydroxyl groups is 1. The topological polar surface area (TPSA) is 44.7 Å². The first kappa shape index (κ1) is 14.3. The van der Waals surface area contributed by atoms with Gasteiger partial charge in [0, 0.05) is 32.7 Å². The van der Waals surface area contributed by atoms with Gasteiger partial charge in [0.05, 0.1) is 12.7 Å². The smallest absolute Gasteiger partial charge is 0.121 e. The second kappa shape index (κ2) is 5.90. The predicted octanol–water partition coefficient (Wildman–Crippen LogP) is 1.12. The maximum absolute atomic E-state index is 10.7. The van der Waals surface area contributed by atoms with E-state index in [-0.39, 0.29) is 0 Å². The molecule has 0 spiro atoms. The number of methoxy groups -OCH3 is 1. The van der Waals surface area contributed by atoms with Crippen LogP contribution in [0.3, 0.4) is 0 Å². The van der Waals surface area contributed by atoms with Crippen LogP contribution in [0.15, 0.2) is 18.2 Å². The Morgan fingerprint density at radius 1 is 1.37 bits per heavy atom. The zero-order valence-electron chi connectivity index (χ0n) is 12.1. The molecule has 2 rings (SSSR count). The largest absolute Gasteiger partial charge is 0.496 e. The molecule has 1 fully saturated rings. The standard InChI is InChI=1S/C15H24N2O2/c1-12-10-13(4-5-14(12)19-3)15(2,18)11-17-8-6-16-7-9-17/h4-5,10,16,18H,6-9,11H2,1-3H3. The summed E-state index contributed by atoms with van der Waals surface area (Å²) in [6.07, 6.45) is 0. The van der Waals surface area contributed by atoms with Gasteiger partial charge in [-0.15, -0.1) is 0 Å². The molecule has 106 valence electrons. The van der Waals surface area contributed by atoms with Crippen molar-refractivity contribution in [3.8, 4) is 5.75 Å². The molecule has 1 heterocycles. The Morgan fingerprint density at radius 3 is 2.63 bits per heavy atom. The van der Waals surface area contributed by atoms with Gasteiger partial charge in [-0.25, -0.2) is 0 Å². The van der Waals surface area contributed by atoms with Crippen molar-refractivity contribution in [3.63, 3.8) is 0 Å². The lowest BCUT2D eigenvalue weighted by Crippen LogP contribution is -2.48. The van der Waals surface area contributed by atoms with Crippen LogP contribution in [-0.2, 0) is 5.60 Å². The third-order valence-corrected chi connectivity index (χ3v) is 3.76. The van der Waals surface area contributed by atoms with Crippen molar-refractivity contribution in [2.24, 2.45) is 0 Å². The molecule has 2 N–H and O–H groups in total. The van der Waals surface area contributed by atoms with Gasteiger partial charge in [-0.1, -0.05) is 6.07 Å². The monoisotopic (exact) mass is 264 g/mol. The first-order valence-corrected chi connectivity index (χ1v) is 6.83. The van der Waals surface area contributed by atoms with E-state index in [1.807, 2.05) is 32.0 Å². The molecule has 1 aliphatic rings. The summed E-state index contributed by atoms with van der Waals surface area (Å²) in [6, 6.07) is 5.89. The van der Waals surface area contributed by atoms with E-state index in [1.165, 1.54) is 0 Å². The number of nitrogens with zero attached hydrogens (tertiary/aromatic N) is 1. The molecule has 4 heteroatoms. The van der Waals surface area contributed by atoms with E-state index < -0.39 is 5.60 Å². The van der Waals surface area contributed by atoms with Crippen molar-refractivity contribution >= 4 is 0 Å². The van der Waals surface area contributed by atoms with Gasteiger partial charge in [-0.05, 0) is 37.1 Å². The van der Waals surface area contributed by atoms with Crippen LogP contribution in [0.4, 0.5) is 0 Å². The maximum Gasteiger partial charge on any atom is 0.121 e. The Labute approximate surface area is 115 Å². The minimum absolute atomic E-state index is 0.667. The van der Waals surface area contributed by atoms with Crippen LogP contribution < -0.4 is 10.1 Å². The molecule has 0 amide bonds. The number of β-amino-alcohol motifs (C(OH)–C–C–N with tert-alkyl or cyclic N) is 1. The molecule has 0 saturated carbocycles. The summed E-state index contributed by atoms with van der Waals surface area (Å²) in [5, 5.41) is 14.0. The van der Waals surface area contributed by atoms with Gasteiger partial charge in [0.2, 0.25) is 0 Å². The highest BCUT2D eigenvalue weighted by atomic mass is 16.5. The van der Waals surface area contributed by atoms with E-state index in [4.69, 9.17) is 4.74 Å². The van der Waals surface area contributed by atoms with E-state index >= 15 is 0 Å². The lowest BCUT2D eigenvalue weighted by Gasteiger charge is -2.34. The SMILES string of the molecule is COc1ccc(C(C)(O)CN2CCNCC2)cc1C. The summed E-state index contributed by atoms with van der Waals surface area (Å²) < 4.78 is 5.26. The molecular weight excluding hydrogens is 240 g/mol. The van der Waals surface area contributed by atoms with E-state index in [0.717, 1.165) is 43.1 Å². The molecule has 1 aromatic rings. The number of benzene rings is 1. The van der Waals surface area contributed by atoms with Crippen molar-refractivity contribution in [3.05, 3.63) is 29.3 Å². The summed E-state index contributed by atoms with van der Waals surface area (Å²) in [4.78, 5) is 2.30. The zero-order valence-corrected chi connectivity index (χ0v) is 12.1. The van der Waals surface area contributed by atoms with E-state index in [1.54, 1.807) is 7.11 Å². The fraction of sp³-hybridized carbons (Fsp3) is 0.600. The Bertz CT molecular complexity index is 426. The lowest BCUT2D eigenvalue weighted by atomic mass is 9.93. The molecule has 0 radical (unpaired) electrons. The Hall–Kier alpha value is -1.10. The molecule has 0 aliphatic carbocycles. The molecule has 1 saturated heterocycles. The Morgan fingerprint density at radius 2 is 2.05 bits per heavy atom. The quantitative estimate of drug-likeness (QED) is 0.855. The van der Waals surface area contributed by atoms with Crippen LogP contribution in [0.2, 0.25) is 0 Å². The first-order chi connectivity index (χ1) is 9.03. The highest BCUT2D eigenvalue weighted by Gasteiger charge is 2.27. The Kier molecular flexibility index (Phi) is 4.45. The van der Waals surface area contributed by atoms with Gasteiger partial charge in [-0.3, -0.25) is 4.90 Å². The third kappa shape index (κ3) is 3.47. The molecule has 1 unspecified atom stereocenters. The van der Waals surface area contributed by atoms with Crippen molar-refractivity contribution in [1.82, 2.24) is 10.2 Å². The predicted molar refractivity (Wildman–Crippen MR) is 76.6 cm³/mol. The summed E-state index contributed by atoms with van der Waals surface area (Å²) in [6.45, 7) is 8.53. The van der Waals surface area contributed by atoms with Crippen molar-refractivity contribution in [1.29, 1.82) is 0 Å². The number of aryl methyl sites for hydroxylation is 1. The summed E-state index contributed by atoms with van der Waals surface area (Å²) in [5.41, 5.74) is 1.18. The van der Waals surface area contributed by atoms with Gasteiger partial charge < -0.3 is 15.2 Å². The van der Waals surface area contributed by atoms with Crippen LogP contribution in [0.25, 0.3) is 0 Å². The lowest BCUT2D eigenvalue weighted by molar-refractivity contribution is 0.0125. The fourth-order valence-corrected chi connectivity index (χ4v) is 2.61. The van der Waals surface area contributed by atoms with E-state index in [9.17, 15) is 5.11 Å². The van der Waals surface area contributed by atoms with Gasteiger partial charge >= 0.3 is 0 Å². The van der Waals surface area contributed by atoms with Gasteiger partial charge in [0.15, 0.2) is 0 Å². The first-order valence-electron chi connectivity index (χ1n) is 6.83. The summed E-state index contributed by atoms with van der Waals surface area (Å²) in [7, 11) is 1.67. The zero-order chi connectivity index (χ0) is 13.9.